The topological polar surface area (TPSA) is 76.0 Å². The van der Waals surface area contributed by atoms with Crippen molar-refractivity contribution in [2.24, 2.45) is 5.92 Å². The van der Waals surface area contributed by atoms with Crippen molar-refractivity contribution in [3.8, 4) is 0 Å². The van der Waals surface area contributed by atoms with Crippen LogP contribution in [-0.2, 0) is 15.9 Å². The zero-order valence-electron chi connectivity index (χ0n) is 12.4. The number of hydrogen-bond acceptors (Lipinski definition) is 5. The van der Waals surface area contributed by atoms with Crippen LogP contribution in [0.25, 0.3) is 0 Å². The molecule has 0 spiro atoms. The number of rotatable bonds is 9. The van der Waals surface area contributed by atoms with Crippen LogP contribution in [0.3, 0.4) is 0 Å². The molecule has 1 aromatic rings. The fraction of sp³-hybridized carbons (Fsp3) is 0.562. The van der Waals surface area contributed by atoms with Crippen molar-refractivity contribution in [1.29, 1.82) is 0 Å². The third kappa shape index (κ3) is 8.32. The smallest absolute Gasteiger partial charge is 0.434 e. The lowest BCUT2D eigenvalue weighted by atomic mass is 9.99. The minimum atomic E-state index is -1.05. The third-order valence-electron chi connectivity index (χ3n) is 3.20. The molecule has 0 fully saturated rings. The first-order valence-electron chi connectivity index (χ1n) is 7.24. The number of carbonyl (C=O) groups excluding carboxylic acids is 1. The van der Waals surface area contributed by atoms with Crippen LogP contribution in [0.2, 0.25) is 0 Å². The minimum absolute atomic E-state index is 0.251. The van der Waals surface area contributed by atoms with Crippen LogP contribution >= 0.6 is 0 Å². The summed E-state index contributed by atoms with van der Waals surface area (Å²) >= 11 is 0. The summed E-state index contributed by atoms with van der Waals surface area (Å²) in [6.07, 6.45) is 0.950. The number of aryl methyl sites for hydroxylation is 1. The van der Waals surface area contributed by atoms with Gasteiger partial charge >= 0.3 is 6.16 Å². The summed E-state index contributed by atoms with van der Waals surface area (Å²) in [6, 6.07) is 10.3. The summed E-state index contributed by atoms with van der Waals surface area (Å²) in [6.45, 7) is 1.72. The Hall–Kier alpha value is -1.59. The molecule has 0 bridgehead atoms. The molecule has 2 atom stereocenters. The fourth-order valence-corrected chi connectivity index (χ4v) is 1.80. The molecule has 2 N–H and O–H groups in total. The number of aliphatic hydroxyl groups excluding tert-OH is 2. The highest BCUT2D eigenvalue weighted by Crippen LogP contribution is 2.12. The Balaban J connectivity index is 2.07. The average Bonchev–Trinajstić information content (AvgIpc) is 2.51. The molecule has 5 heteroatoms. The zero-order chi connectivity index (χ0) is 15.5. The van der Waals surface area contributed by atoms with Gasteiger partial charge in [0.15, 0.2) is 0 Å². The standard InChI is InChI=1S/C16H24O5/c1-13(7-8-14-5-3-2-4-6-14)9-10-20-16(19)21-12-15(18)11-17/h2-6,13,15,17-18H,7-12H2,1H3. The maximum Gasteiger partial charge on any atom is 0.508 e. The first kappa shape index (κ1) is 17.5. The predicted molar refractivity (Wildman–Crippen MR) is 78.9 cm³/mol. The Morgan fingerprint density at radius 2 is 1.90 bits per heavy atom. The van der Waals surface area contributed by atoms with Gasteiger partial charge in [-0.15, -0.1) is 0 Å². The SMILES string of the molecule is CC(CCOC(=O)OCC(O)CO)CCc1ccccc1. The minimum Gasteiger partial charge on any atom is -0.434 e. The normalized spacial score (nSPS) is 13.5. The van der Waals surface area contributed by atoms with Gasteiger partial charge in [-0.3, -0.25) is 0 Å². The van der Waals surface area contributed by atoms with Gasteiger partial charge in [0.1, 0.15) is 12.7 Å². The highest BCUT2D eigenvalue weighted by molar-refractivity contribution is 5.59. The molecule has 2 unspecified atom stereocenters. The molecule has 0 aliphatic heterocycles. The van der Waals surface area contributed by atoms with Crippen molar-refractivity contribution in [2.45, 2.75) is 32.3 Å². The summed E-state index contributed by atoms with van der Waals surface area (Å²) in [5.41, 5.74) is 1.31. The molecule has 0 aliphatic rings. The molecular formula is C16H24O5. The van der Waals surface area contributed by atoms with Gasteiger partial charge < -0.3 is 19.7 Å². The van der Waals surface area contributed by atoms with Crippen LogP contribution in [0, 0.1) is 5.92 Å². The number of aliphatic hydroxyl groups is 2. The van der Waals surface area contributed by atoms with E-state index >= 15 is 0 Å². The average molecular weight is 296 g/mol. The Labute approximate surface area is 125 Å². The van der Waals surface area contributed by atoms with Crippen LogP contribution in [0.15, 0.2) is 30.3 Å². The van der Waals surface area contributed by atoms with Crippen molar-refractivity contribution in [3.05, 3.63) is 35.9 Å². The van der Waals surface area contributed by atoms with E-state index in [9.17, 15) is 4.79 Å². The Morgan fingerprint density at radius 3 is 2.57 bits per heavy atom. The molecule has 1 rings (SSSR count). The second-order valence-electron chi connectivity index (χ2n) is 5.16. The van der Waals surface area contributed by atoms with Crippen molar-refractivity contribution < 1.29 is 24.5 Å². The third-order valence-corrected chi connectivity index (χ3v) is 3.20. The monoisotopic (exact) mass is 296 g/mol. The highest BCUT2D eigenvalue weighted by Gasteiger charge is 2.10. The van der Waals surface area contributed by atoms with E-state index in [1.807, 2.05) is 18.2 Å². The van der Waals surface area contributed by atoms with E-state index in [4.69, 9.17) is 14.9 Å². The zero-order valence-corrected chi connectivity index (χ0v) is 12.4. The fourth-order valence-electron chi connectivity index (χ4n) is 1.80. The molecule has 0 saturated carbocycles. The van der Waals surface area contributed by atoms with E-state index in [0.29, 0.717) is 12.5 Å². The van der Waals surface area contributed by atoms with Crippen LogP contribution in [0.1, 0.15) is 25.3 Å². The molecule has 5 nitrogen and oxygen atoms in total. The molecule has 0 aliphatic carbocycles. The second-order valence-corrected chi connectivity index (χ2v) is 5.16. The molecule has 0 amide bonds. The van der Waals surface area contributed by atoms with Crippen LogP contribution < -0.4 is 0 Å². The van der Waals surface area contributed by atoms with E-state index < -0.39 is 18.9 Å². The van der Waals surface area contributed by atoms with Gasteiger partial charge in [0, 0.05) is 0 Å². The van der Waals surface area contributed by atoms with Crippen LogP contribution in [0.5, 0.6) is 0 Å². The van der Waals surface area contributed by atoms with E-state index in [1.165, 1.54) is 5.56 Å². The molecule has 21 heavy (non-hydrogen) atoms. The Kier molecular flexibility index (Phi) is 8.47. The lowest BCUT2D eigenvalue weighted by Crippen LogP contribution is -2.22. The van der Waals surface area contributed by atoms with E-state index in [-0.39, 0.29) is 6.61 Å². The number of hydrogen-bond donors (Lipinski definition) is 2. The summed E-state index contributed by atoms with van der Waals surface area (Å²) in [5.74, 6) is 0.445. The van der Waals surface area contributed by atoms with Crippen molar-refractivity contribution >= 4 is 6.16 Å². The maximum atomic E-state index is 11.2. The summed E-state index contributed by atoms with van der Waals surface area (Å²) in [7, 11) is 0. The van der Waals surface area contributed by atoms with Gasteiger partial charge in [-0.25, -0.2) is 4.79 Å². The van der Waals surface area contributed by atoms with Crippen LogP contribution in [-0.4, -0.2) is 42.3 Å². The summed E-state index contributed by atoms with van der Waals surface area (Å²) < 4.78 is 9.54. The number of ether oxygens (including phenoxy) is 2. The first-order valence-corrected chi connectivity index (χ1v) is 7.24. The largest absolute Gasteiger partial charge is 0.508 e. The van der Waals surface area contributed by atoms with Crippen molar-refractivity contribution in [3.63, 3.8) is 0 Å². The van der Waals surface area contributed by atoms with Gasteiger partial charge in [0.05, 0.1) is 13.2 Å². The van der Waals surface area contributed by atoms with Gasteiger partial charge in [-0.1, -0.05) is 37.3 Å². The Morgan fingerprint density at radius 1 is 1.19 bits per heavy atom. The van der Waals surface area contributed by atoms with E-state index in [1.54, 1.807) is 0 Å². The molecule has 1 aromatic carbocycles. The van der Waals surface area contributed by atoms with E-state index in [0.717, 1.165) is 19.3 Å². The van der Waals surface area contributed by atoms with Crippen molar-refractivity contribution in [1.82, 2.24) is 0 Å². The van der Waals surface area contributed by atoms with E-state index in [2.05, 4.69) is 23.8 Å². The van der Waals surface area contributed by atoms with Gasteiger partial charge in [0.25, 0.3) is 0 Å². The van der Waals surface area contributed by atoms with Gasteiger partial charge in [-0.05, 0) is 30.7 Å². The van der Waals surface area contributed by atoms with Crippen LogP contribution in [0.4, 0.5) is 4.79 Å². The lowest BCUT2D eigenvalue weighted by molar-refractivity contribution is -0.000473. The summed E-state index contributed by atoms with van der Waals surface area (Å²) in [5, 5.41) is 17.6. The quantitative estimate of drug-likeness (QED) is 0.683. The summed E-state index contributed by atoms with van der Waals surface area (Å²) in [4.78, 5) is 11.2. The van der Waals surface area contributed by atoms with Gasteiger partial charge in [0.2, 0.25) is 0 Å². The number of benzene rings is 1. The highest BCUT2D eigenvalue weighted by atomic mass is 16.7. The molecular weight excluding hydrogens is 272 g/mol. The first-order chi connectivity index (χ1) is 10.1. The van der Waals surface area contributed by atoms with Crippen molar-refractivity contribution in [2.75, 3.05) is 19.8 Å². The second kappa shape index (κ2) is 10.2. The molecule has 0 saturated heterocycles. The molecule has 0 aromatic heterocycles. The molecule has 0 radical (unpaired) electrons. The van der Waals surface area contributed by atoms with Gasteiger partial charge in [-0.2, -0.15) is 0 Å². The number of carbonyl (C=O) groups is 1. The molecule has 0 heterocycles. The predicted octanol–water partition coefficient (Wildman–Crippen LogP) is 2.15. The molecule has 118 valence electrons. The Bertz CT molecular complexity index is 393. The lowest BCUT2D eigenvalue weighted by Gasteiger charge is -2.12. The maximum absolute atomic E-state index is 11.2.